The Kier molecular flexibility index (Phi) is 3.74. The summed E-state index contributed by atoms with van der Waals surface area (Å²) in [5, 5.41) is 3.66. The quantitative estimate of drug-likeness (QED) is 0.845. The van der Waals surface area contributed by atoms with Gasteiger partial charge in [0.1, 0.15) is 0 Å². The van der Waals surface area contributed by atoms with Gasteiger partial charge in [-0.3, -0.25) is 0 Å². The molecule has 1 unspecified atom stereocenters. The molecule has 3 heteroatoms. The molecular weight excluding hydrogens is 238 g/mol. The van der Waals surface area contributed by atoms with Crippen LogP contribution in [0.5, 0.6) is 11.5 Å². The fourth-order valence-corrected chi connectivity index (χ4v) is 2.65. The van der Waals surface area contributed by atoms with Crippen molar-refractivity contribution in [1.82, 2.24) is 5.32 Å². The minimum absolute atomic E-state index is 0.335. The molecule has 0 spiro atoms. The van der Waals surface area contributed by atoms with Crippen molar-refractivity contribution < 1.29 is 9.47 Å². The summed E-state index contributed by atoms with van der Waals surface area (Å²) < 4.78 is 11.4. The van der Waals surface area contributed by atoms with E-state index in [0.29, 0.717) is 12.1 Å². The molecule has 1 N–H and O–H groups in total. The molecule has 0 aromatic heterocycles. The van der Waals surface area contributed by atoms with E-state index in [4.69, 9.17) is 9.47 Å². The van der Waals surface area contributed by atoms with Crippen molar-refractivity contribution in [2.75, 3.05) is 13.2 Å². The lowest BCUT2D eigenvalue weighted by molar-refractivity contribution is 0.297. The molecule has 0 bridgehead atoms. The third-order valence-electron chi connectivity index (χ3n) is 3.77. The van der Waals surface area contributed by atoms with Gasteiger partial charge in [-0.05, 0) is 37.5 Å². The normalized spacial score (nSPS) is 20.3. The van der Waals surface area contributed by atoms with E-state index in [1.165, 1.54) is 5.56 Å². The lowest BCUT2D eigenvalue weighted by Crippen LogP contribution is -2.29. The number of ether oxygens (including phenoxy) is 2. The third-order valence-corrected chi connectivity index (χ3v) is 3.77. The van der Waals surface area contributed by atoms with Crippen molar-refractivity contribution in [1.29, 1.82) is 0 Å². The maximum absolute atomic E-state index is 5.74. The van der Waals surface area contributed by atoms with Crippen LogP contribution in [0.1, 0.15) is 37.8 Å². The first-order chi connectivity index (χ1) is 9.33. The first-order valence-corrected chi connectivity index (χ1v) is 7.13. The number of hydrogen-bond acceptors (Lipinski definition) is 3. The van der Waals surface area contributed by atoms with Crippen molar-refractivity contribution >= 4 is 0 Å². The Morgan fingerprint density at radius 2 is 1.84 bits per heavy atom. The molecule has 1 heterocycles. The molecule has 3 rings (SSSR count). The van der Waals surface area contributed by atoms with Crippen molar-refractivity contribution in [2.45, 2.75) is 38.3 Å². The first-order valence-electron chi connectivity index (χ1n) is 7.13. The van der Waals surface area contributed by atoms with Gasteiger partial charge in [-0.15, -0.1) is 0 Å². The Hall–Kier alpha value is -1.48. The van der Waals surface area contributed by atoms with Gasteiger partial charge < -0.3 is 14.8 Å². The monoisotopic (exact) mass is 259 g/mol. The van der Waals surface area contributed by atoms with Gasteiger partial charge in [0.2, 0.25) is 0 Å². The van der Waals surface area contributed by atoms with Gasteiger partial charge in [0, 0.05) is 18.5 Å². The average molecular weight is 259 g/mol. The summed E-state index contributed by atoms with van der Waals surface area (Å²) in [7, 11) is 0. The van der Waals surface area contributed by atoms with Crippen LogP contribution in [0, 0.1) is 0 Å². The molecular formula is C16H21NO2. The van der Waals surface area contributed by atoms with Crippen LogP contribution in [0.15, 0.2) is 30.4 Å². The Morgan fingerprint density at radius 1 is 1.11 bits per heavy atom. The van der Waals surface area contributed by atoms with E-state index in [0.717, 1.165) is 44.0 Å². The summed E-state index contributed by atoms with van der Waals surface area (Å²) in [4.78, 5) is 0. The Bertz CT molecular complexity index is 462. The van der Waals surface area contributed by atoms with Gasteiger partial charge in [-0.25, -0.2) is 0 Å². The van der Waals surface area contributed by atoms with Crippen LogP contribution in [-0.2, 0) is 0 Å². The Labute approximate surface area is 114 Å². The molecule has 0 saturated heterocycles. The van der Waals surface area contributed by atoms with Crippen LogP contribution in [-0.4, -0.2) is 19.3 Å². The molecule has 0 saturated carbocycles. The second-order valence-electron chi connectivity index (χ2n) is 5.28. The topological polar surface area (TPSA) is 30.5 Å². The fraction of sp³-hybridized carbons (Fsp3) is 0.500. The van der Waals surface area contributed by atoms with Gasteiger partial charge in [0.25, 0.3) is 0 Å². The highest BCUT2D eigenvalue weighted by atomic mass is 16.5. The maximum Gasteiger partial charge on any atom is 0.161 e. The van der Waals surface area contributed by atoms with Crippen molar-refractivity contribution in [3.8, 4) is 11.5 Å². The zero-order valence-electron chi connectivity index (χ0n) is 11.4. The van der Waals surface area contributed by atoms with Crippen molar-refractivity contribution in [2.24, 2.45) is 0 Å². The lowest BCUT2D eigenvalue weighted by atomic mass is 10.1. The zero-order valence-corrected chi connectivity index (χ0v) is 11.4. The minimum atomic E-state index is 0.335. The van der Waals surface area contributed by atoms with E-state index < -0.39 is 0 Å². The fourth-order valence-electron chi connectivity index (χ4n) is 2.65. The van der Waals surface area contributed by atoms with E-state index in [2.05, 4.69) is 36.5 Å². The van der Waals surface area contributed by atoms with Crippen LogP contribution in [0.2, 0.25) is 0 Å². The smallest absolute Gasteiger partial charge is 0.161 e. The average Bonchev–Trinajstić information content (AvgIpc) is 2.81. The molecule has 1 aliphatic heterocycles. The maximum atomic E-state index is 5.74. The predicted octanol–water partition coefficient (Wildman–Crippen LogP) is 3.22. The summed E-state index contributed by atoms with van der Waals surface area (Å²) >= 11 is 0. The number of nitrogens with one attached hydrogen (secondary N) is 1. The van der Waals surface area contributed by atoms with E-state index in [1.54, 1.807) is 0 Å². The Morgan fingerprint density at radius 3 is 2.63 bits per heavy atom. The lowest BCUT2D eigenvalue weighted by Gasteiger charge is -2.20. The van der Waals surface area contributed by atoms with Gasteiger partial charge >= 0.3 is 0 Å². The zero-order chi connectivity index (χ0) is 13.1. The van der Waals surface area contributed by atoms with E-state index in [1.807, 2.05) is 6.07 Å². The summed E-state index contributed by atoms with van der Waals surface area (Å²) in [6.07, 6.45) is 7.71. The number of benzene rings is 1. The molecule has 1 aromatic carbocycles. The molecule has 2 aliphatic rings. The summed E-state index contributed by atoms with van der Waals surface area (Å²) in [5.74, 6) is 1.75. The molecule has 1 atom stereocenters. The highest BCUT2D eigenvalue weighted by molar-refractivity contribution is 5.44. The van der Waals surface area contributed by atoms with Gasteiger partial charge in [0.05, 0.1) is 13.2 Å². The van der Waals surface area contributed by atoms with Crippen LogP contribution >= 0.6 is 0 Å². The van der Waals surface area contributed by atoms with Crippen LogP contribution < -0.4 is 14.8 Å². The van der Waals surface area contributed by atoms with Gasteiger partial charge in [-0.2, -0.15) is 0 Å². The van der Waals surface area contributed by atoms with E-state index in [9.17, 15) is 0 Å². The summed E-state index contributed by atoms with van der Waals surface area (Å²) in [6, 6.07) is 7.18. The molecule has 1 aliphatic carbocycles. The standard InChI is InChI=1S/C16H21NO2/c1-12(17-14-5-2-3-6-14)13-7-8-15-16(11-13)19-10-4-9-18-15/h2-3,7-8,11-12,14,17H,4-6,9-10H2,1H3. The van der Waals surface area contributed by atoms with E-state index in [-0.39, 0.29) is 0 Å². The highest BCUT2D eigenvalue weighted by Gasteiger charge is 2.17. The molecule has 0 fully saturated rings. The molecule has 19 heavy (non-hydrogen) atoms. The first kappa shape index (κ1) is 12.5. The second-order valence-corrected chi connectivity index (χ2v) is 5.28. The number of hydrogen-bond donors (Lipinski definition) is 1. The Balaban J connectivity index is 1.71. The summed E-state index contributed by atoms with van der Waals surface area (Å²) in [6.45, 7) is 3.69. The largest absolute Gasteiger partial charge is 0.490 e. The molecule has 1 aromatic rings. The molecule has 3 nitrogen and oxygen atoms in total. The summed E-state index contributed by atoms with van der Waals surface area (Å²) in [5.41, 5.74) is 1.26. The SMILES string of the molecule is CC(NC1CC=CC1)c1ccc2c(c1)OCCCO2. The molecule has 0 amide bonds. The van der Waals surface area contributed by atoms with Crippen LogP contribution in [0.3, 0.4) is 0 Å². The van der Waals surface area contributed by atoms with Crippen molar-refractivity contribution in [3.63, 3.8) is 0 Å². The highest BCUT2D eigenvalue weighted by Crippen LogP contribution is 2.32. The molecule has 102 valence electrons. The second kappa shape index (κ2) is 5.66. The number of fused-ring (bicyclic) bond motifs is 1. The molecule has 0 radical (unpaired) electrons. The van der Waals surface area contributed by atoms with E-state index >= 15 is 0 Å². The number of rotatable bonds is 3. The van der Waals surface area contributed by atoms with Crippen LogP contribution in [0.4, 0.5) is 0 Å². The predicted molar refractivity (Wildman–Crippen MR) is 75.8 cm³/mol. The minimum Gasteiger partial charge on any atom is -0.490 e. The van der Waals surface area contributed by atoms with Crippen LogP contribution in [0.25, 0.3) is 0 Å². The van der Waals surface area contributed by atoms with Gasteiger partial charge in [-0.1, -0.05) is 18.2 Å². The van der Waals surface area contributed by atoms with Gasteiger partial charge in [0.15, 0.2) is 11.5 Å². The third kappa shape index (κ3) is 2.92. The van der Waals surface area contributed by atoms with Crippen molar-refractivity contribution in [3.05, 3.63) is 35.9 Å².